The molecule has 2 aliphatic heterocycles. The maximum atomic E-state index is 12.1. The zero-order valence-corrected chi connectivity index (χ0v) is 11.5. The summed E-state index contributed by atoms with van der Waals surface area (Å²) in [6, 6.07) is 16.3. The lowest BCUT2D eigenvalue weighted by Gasteiger charge is -2.20. The van der Waals surface area contributed by atoms with Gasteiger partial charge in [0.05, 0.1) is 0 Å². The Bertz CT molecular complexity index is 724. The van der Waals surface area contributed by atoms with Crippen LogP contribution in [0.15, 0.2) is 53.6 Å². The minimum atomic E-state index is -0.118. The normalized spacial score (nSPS) is 19.1. The standard InChI is InChI=1S/C17H15N3O/c21-17-14-7-4-8-15-16(14)13(9-18-19-17)11-20(15)10-12-5-2-1-3-6-12/h1-9,13H,10-11H2,(H,19,21). The van der Waals surface area contributed by atoms with E-state index in [2.05, 4.69) is 45.8 Å². The van der Waals surface area contributed by atoms with Crippen molar-refractivity contribution in [3.05, 3.63) is 65.2 Å². The van der Waals surface area contributed by atoms with Crippen LogP contribution in [0.25, 0.3) is 0 Å². The molecule has 0 fully saturated rings. The Morgan fingerprint density at radius 3 is 2.86 bits per heavy atom. The molecule has 21 heavy (non-hydrogen) atoms. The van der Waals surface area contributed by atoms with E-state index in [1.54, 1.807) is 0 Å². The Hall–Kier alpha value is -2.62. The fourth-order valence-electron chi connectivity index (χ4n) is 3.16. The van der Waals surface area contributed by atoms with E-state index in [1.807, 2.05) is 24.4 Å². The third-order valence-electron chi connectivity index (χ3n) is 4.09. The summed E-state index contributed by atoms with van der Waals surface area (Å²) in [5.74, 6) is 0.0611. The minimum Gasteiger partial charge on any atom is -0.366 e. The van der Waals surface area contributed by atoms with E-state index in [1.165, 1.54) is 5.56 Å². The van der Waals surface area contributed by atoms with Crippen LogP contribution in [-0.4, -0.2) is 18.7 Å². The van der Waals surface area contributed by atoms with Crippen LogP contribution in [0.1, 0.15) is 27.4 Å². The molecule has 0 radical (unpaired) electrons. The van der Waals surface area contributed by atoms with Gasteiger partial charge in [-0.15, -0.1) is 0 Å². The zero-order valence-electron chi connectivity index (χ0n) is 11.5. The summed E-state index contributed by atoms with van der Waals surface area (Å²) < 4.78 is 0. The monoisotopic (exact) mass is 277 g/mol. The number of nitrogens with zero attached hydrogens (tertiary/aromatic N) is 2. The number of carbonyl (C=O) groups excluding carboxylic acids is 1. The van der Waals surface area contributed by atoms with Crippen molar-refractivity contribution in [1.29, 1.82) is 0 Å². The molecule has 2 aliphatic rings. The van der Waals surface area contributed by atoms with Crippen LogP contribution in [0.5, 0.6) is 0 Å². The Morgan fingerprint density at radius 2 is 2.00 bits per heavy atom. The summed E-state index contributed by atoms with van der Waals surface area (Å²) in [6.45, 7) is 1.71. The Kier molecular flexibility index (Phi) is 2.74. The van der Waals surface area contributed by atoms with Crippen molar-refractivity contribution in [2.45, 2.75) is 12.5 Å². The molecule has 4 rings (SSSR count). The van der Waals surface area contributed by atoms with E-state index in [9.17, 15) is 4.79 Å². The Morgan fingerprint density at radius 1 is 1.14 bits per heavy atom. The maximum Gasteiger partial charge on any atom is 0.271 e. The third-order valence-corrected chi connectivity index (χ3v) is 4.09. The van der Waals surface area contributed by atoms with Gasteiger partial charge in [0, 0.05) is 36.5 Å². The smallest absolute Gasteiger partial charge is 0.271 e. The Labute approximate surface area is 123 Å². The predicted octanol–water partition coefficient (Wildman–Crippen LogP) is 2.52. The highest BCUT2D eigenvalue weighted by molar-refractivity contribution is 6.01. The molecule has 1 amide bonds. The van der Waals surface area contributed by atoms with Crippen LogP contribution in [0, 0.1) is 0 Å². The molecular formula is C17H15N3O. The molecule has 2 aromatic rings. The number of amides is 1. The van der Waals surface area contributed by atoms with Gasteiger partial charge in [-0.25, -0.2) is 5.43 Å². The lowest BCUT2D eigenvalue weighted by Crippen LogP contribution is -2.22. The average molecular weight is 277 g/mol. The van der Waals surface area contributed by atoms with Crippen LogP contribution >= 0.6 is 0 Å². The van der Waals surface area contributed by atoms with Crippen LogP contribution < -0.4 is 10.3 Å². The number of carbonyl (C=O) groups is 1. The van der Waals surface area contributed by atoms with Gasteiger partial charge in [-0.3, -0.25) is 4.79 Å². The van der Waals surface area contributed by atoms with E-state index in [0.717, 1.165) is 29.9 Å². The zero-order chi connectivity index (χ0) is 14.2. The number of anilines is 1. The first-order valence-corrected chi connectivity index (χ1v) is 7.08. The van der Waals surface area contributed by atoms with E-state index in [-0.39, 0.29) is 11.8 Å². The molecule has 4 heteroatoms. The van der Waals surface area contributed by atoms with Crippen molar-refractivity contribution < 1.29 is 4.79 Å². The summed E-state index contributed by atoms with van der Waals surface area (Å²) in [6.07, 6.45) is 1.85. The predicted molar refractivity (Wildman–Crippen MR) is 82.6 cm³/mol. The number of hydrogen-bond donors (Lipinski definition) is 1. The van der Waals surface area contributed by atoms with E-state index < -0.39 is 0 Å². The summed E-state index contributed by atoms with van der Waals surface area (Å²) in [5, 5.41) is 4.04. The van der Waals surface area contributed by atoms with E-state index in [4.69, 9.17) is 0 Å². The van der Waals surface area contributed by atoms with E-state index in [0.29, 0.717) is 0 Å². The molecule has 104 valence electrons. The molecular weight excluding hydrogens is 262 g/mol. The highest BCUT2D eigenvalue weighted by atomic mass is 16.2. The fourth-order valence-corrected chi connectivity index (χ4v) is 3.16. The molecule has 0 aromatic heterocycles. The summed E-state index contributed by atoms with van der Waals surface area (Å²) in [7, 11) is 0. The average Bonchev–Trinajstić information content (AvgIpc) is 2.77. The van der Waals surface area contributed by atoms with Gasteiger partial charge >= 0.3 is 0 Å². The van der Waals surface area contributed by atoms with E-state index >= 15 is 0 Å². The van der Waals surface area contributed by atoms with Gasteiger partial charge in [-0.2, -0.15) is 5.10 Å². The van der Waals surface area contributed by atoms with Crippen LogP contribution in [0.2, 0.25) is 0 Å². The van der Waals surface area contributed by atoms with Crippen molar-refractivity contribution >= 4 is 17.8 Å². The number of hydrazone groups is 1. The molecule has 1 atom stereocenters. The molecule has 2 aromatic carbocycles. The largest absolute Gasteiger partial charge is 0.366 e. The van der Waals surface area contributed by atoms with Crippen molar-refractivity contribution in [2.75, 3.05) is 11.4 Å². The molecule has 1 N–H and O–H groups in total. The van der Waals surface area contributed by atoms with Crippen LogP contribution in [0.4, 0.5) is 5.69 Å². The first-order chi connectivity index (χ1) is 10.3. The number of benzene rings is 2. The molecule has 0 saturated carbocycles. The lowest BCUT2D eigenvalue weighted by atomic mass is 9.97. The Balaban J connectivity index is 1.75. The minimum absolute atomic E-state index is 0.118. The number of nitrogens with one attached hydrogen (secondary N) is 1. The molecule has 2 heterocycles. The quantitative estimate of drug-likeness (QED) is 0.916. The summed E-state index contributed by atoms with van der Waals surface area (Å²) >= 11 is 0. The van der Waals surface area contributed by atoms with Gasteiger partial charge in [-0.05, 0) is 23.3 Å². The highest BCUT2D eigenvalue weighted by Gasteiger charge is 2.33. The van der Waals surface area contributed by atoms with Crippen LogP contribution in [-0.2, 0) is 6.54 Å². The molecule has 0 aliphatic carbocycles. The number of rotatable bonds is 2. The van der Waals surface area contributed by atoms with Gasteiger partial charge in [0.1, 0.15) is 0 Å². The third kappa shape index (κ3) is 2.00. The van der Waals surface area contributed by atoms with Crippen molar-refractivity contribution in [3.63, 3.8) is 0 Å². The second-order valence-corrected chi connectivity index (χ2v) is 5.43. The maximum absolute atomic E-state index is 12.1. The number of hydrogen-bond acceptors (Lipinski definition) is 3. The molecule has 0 bridgehead atoms. The highest BCUT2D eigenvalue weighted by Crippen LogP contribution is 2.39. The molecule has 0 spiro atoms. The molecule has 1 unspecified atom stereocenters. The van der Waals surface area contributed by atoms with Crippen LogP contribution in [0.3, 0.4) is 0 Å². The van der Waals surface area contributed by atoms with Gasteiger partial charge in [0.25, 0.3) is 5.91 Å². The molecule has 0 saturated heterocycles. The van der Waals surface area contributed by atoms with Crippen molar-refractivity contribution in [3.8, 4) is 0 Å². The van der Waals surface area contributed by atoms with Gasteiger partial charge in [0.15, 0.2) is 0 Å². The molecule has 4 nitrogen and oxygen atoms in total. The first kappa shape index (κ1) is 12.1. The summed E-state index contributed by atoms with van der Waals surface area (Å²) in [5.41, 5.74) is 6.83. The SMILES string of the molecule is O=C1NN=CC2CN(Cc3ccccc3)c3cccc1c32. The second-order valence-electron chi connectivity index (χ2n) is 5.43. The van der Waals surface area contributed by atoms with Gasteiger partial charge in [-0.1, -0.05) is 36.4 Å². The van der Waals surface area contributed by atoms with Gasteiger partial charge in [0.2, 0.25) is 0 Å². The second kappa shape index (κ2) is 4.74. The topological polar surface area (TPSA) is 44.7 Å². The lowest BCUT2D eigenvalue weighted by molar-refractivity contribution is 0.0955. The fraction of sp³-hybridized carbons (Fsp3) is 0.176. The summed E-state index contributed by atoms with van der Waals surface area (Å²) in [4.78, 5) is 14.4. The van der Waals surface area contributed by atoms with Crippen molar-refractivity contribution in [1.82, 2.24) is 5.43 Å². The first-order valence-electron chi connectivity index (χ1n) is 7.08. The van der Waals surface area contributed by atoms with Gasteiger partial charge < -0.3 is 4.90 Å². The van der Waals surface area contributed by atoms with Crippen molar-refractivity contribution in [2.24, 2.45) is 5.10 Å².